The fourth-order valence-electron chi connectivity index (χ4n) is 1.40. The van der Waals surface area contributed by atoms with Gasteiger partial charge in [-0.15, -0.1) is 4.98 Å². The fourth-order valence-corrected chi connectivity index (χ4v) is 1.67. The maximum absolute atomic E-state index is 5.95. The first-order chi connectivity index (χ1) is 9.58. The molecule has 20 heavy (non-hydrogen) atoms. The van der Waals surface area contributed by atoms with Gasteiger partial charge in [-0.3, -0.25) is 0 Å². The van der Waals surface area contributed by atoms with Crippen molar-refractivity contribution in [2.75, 3.05) is 6.61 Å². The summed E-state index contributed by atoms with van der Waals surface area (Å²) in [7, 11) is 0. The summed E-state index contributed by atoms with van der Waals surface area (Å²) in [4.78, 5) is 11.8. The zero-order chi connectivity index (χ0) is 14.5. The normalized spacial score (nSPS) is 10.4. The Bertz CT molecular complexity index is 608. The summed E-state index contributed by atoms with van der Waals surface area (Å²) in [5.41, 5.74) is 0.895. The lowest BCUT2D eigenvalue weighted by atomic mass is 10.2. The number of aromatic nitrogens is 3. The molecule has 0 spiro atoms. The van der Waals surface area contributed by atoms with Crippen LogP contribution < -0.4 is 9.47 Å². The van der Waals surface area contributed by atoms with Crippen LogP contribution in [0.4, 0.5) is 0 Å². The molecule has 0 fully saturated rings. The Morgan fingerprint density at radius 2 is 1.85 bits per heavy atom. The van der Waals surface area contributed by atoms with Gasteiger partial charge in [-0.1, -0.05) is 18.5 Å². The number of benzene rings is 1. The maximum atomic E-state index is 5.95. The third-order valence-electron chi connectivity index (χ3n) is 2.34. The molecule has 0 saturated heterocycles. The van der Waals surface area contributed by atoms with Crippen molar-refractivity contribution in [1.82, 2.24) is 15.0 Å². The molecule has 0 radical (unpaired) electrons. The number of hydrogen-bond donors (Lipinski definition) is 0. The van der Waals surface area contributed by atoms with Crippen LogP contribution in [0.3, 0.4) is 0 Å². The molecule has 0 aliphatic carbocycles. The van der Waals surface area contributed by atoms with Gasteiger partial charge in [0.2, 0.25) is 5.28 Å². The van der Waals surface area contributed by atoms with Crippen molar-refractivity contribution >= 4 is 23.2 Å². The monoisotopic (exact) mass is 313 g/mol. The van der Waals surface area contributed by atoms with Crippen LogP contribution in [-0.4, -0.2) is 21.6 Å². The summed E-state index contributed by atoms with van der Waals surface area (Å²) in [5, 5.41) is 0.685. The van der Waals surface area contributed by atoms with Crippen molar-refractivity contribution in [3.05, 3.63) is 34.1 Å². The predicted octanol–water partition coefficient (Wildman–Crippen LogP) is 4.07. The lowest BCUT2D eigenvalue weighted by molar-refractivity contribution is 0.284. The lowest BCUT2D eigenvalue weighted by Crippen LogP contribution is -2.03. The molecule has 0 bridgehead atoms. The molecule has 0 saturated carbocycles. The molecule has 0 unspecified atom stereocenters. The van der Waals surface area contributed by atoms with Gasteiger partial charge in [-0.25, -0.2) is 0 Å². The third kappa shape index (κ3) is 3.95. The first-order valence-electron chi connectivity index (χ1n) is 6.07. The van der Waals surface area contributed by atoms with Crippen LogP contribution in [0.5, 0.6) is 17.8 Å². The molecule has 2 aromatic rings. The second kappa shape index (κ2) is 6.72. The van der Waals surface area contributed by atoms with Crippen LogP contribution in [0.1, 0.15) is 18.9 Å². The highest BCUT2D eigenvalue weighted by Gasteiger charge is 2.09. The maximum Gasteiger partial charge on any atom is 0.329 e. The summed E-state index contributed by atoms with van der Waals surface area (Å²) >= 11 is 11.8. The molecule has 7 heteroatoms. The molecule has 1 aromatic carbocycles. The predicted molar refractivity (Wildman–Crippen MR) is 76.9 cm³/mol. The van der Waals surface area contributed by atoms with Gasteiger partial charge in [0.25, 0.3) is 0 Å². The summed E-state index contributed by atoms with van der Waals surface area (Å²) in [5.74, 6) is 0.565. The topological polar surface area (TPSA) is 57.1 Å². The summed E-state index contributed by atoms with van der Waals surface area (Å²) in [6.07, 6.45) is 0.843. The van der Waals surface area contributed by atoms with E-state index in [2.05, 4.69) is 15.0 Å². The Hall–Kier alpha value is -1.59. The van der Waals surface area contributed by atoms with Crippen LogP contribution >= 0.6 is 23.2 Å². The molecular weight excluding hydrogens is 301 g/mol. The first-order valence-corrected chi connectivity index (χ1v) is 6.82. The molecule has 0 amide bonds. The largest absolute Gasteiger partial charge is 0.463 e. The summed E-state index contributed by atoms with van der Waals surface area (Å²) < 4.78 is 10.8. The van der Waals surface area contributed by atoms with Gasteiger partial charge in [0, 0.05) is 5.02 Å². The van der Waals surface area contributed by atoms with Gasteiger partial charge in [0.05, 0.1) is 6.61 Å². The molecule has 1 heterocycles. The standard InChI is InChI=1S/C13H13Cl2N3O2/c1-3-6-19-12-16-11(15)17-13(18-12)20-9-4-5-10(14)8(2)7-9/h4-5,7H,3,6H2,1-2H3. The van der Waals surface area contributed by atoms with Crippen molar-refractivity contribution in [2.45, 2.75) is 20.3 Å². The SMILES string of the molecule is CCCOc1nc(Cl)nc(Oc2ccc(Cl)c(C)c2)n1. The number of nitrogens with zero attached hydrogens (tertiary/aromatic N) is 3. The Labute approximate surface area is 126 Å². The second-order valence-corrected chi connectivity index (χ2v) is 4.78. The van der Waals surface area contributed by atoms with Crippen molar-refractivity contribution in [2.24, 2.45) is 0 Å². The lowest BCUT2D eigenvalue weighted by Gasteiger charge is -2.07. The highest BCUT2D eigenvalue weighted by molar-refractivity contribution is 6.31. The van der Waals surface area contributed by atoms with Gasteiger partial charge in [-0.05, 0) is 48.7 Å². The molecule has 0 N–H and O–H groups in total. The van der Waals surface area contributed by atoms with Crippen molar-refractivity contribution in [3.8, 4) is 17.8 Å². The quantitative estimate of drug-likeness (QED) is 0.832. The molecule has 1 aromatic heterocycles. The summed E-state index contributed by atoms with van der Waals surface area (Å²) in [6.45, 7) is 4.36. The Morgan fingerprint density at radius 1 is 1.10 bits per heavy atom. The van der Waals surface area contributed by atoms with Crippen molar-refractivity contribution < 1.29 is 9.47 Å². The Kier molecular flexibility index (Phi) is 4.98. The third-order valence-corrected chi connectivity index (χ3v) is 2.93. The first kappa shape index (κ1) is 14.8. The van der Waals surface area contributed by atoms with Crippen molar-refractivity contribution in [1.29, 1.82) is 0 Å². The number of halogens is 2. The van der Waals surface area contributed by atoms with Crippen LogP contribution in [0.25, 0.3) is 0 Å². The number of rotatable bonds is 5. The minimum absolute atomic E-state index is 0.0202. The molecule has 0 aliphatic rings. The second-order valence-electron chi connectivity index (χ2n) is 4.03. The van der Waals surface area contributed by atoms with Crippen LogP contribution in [0, 0.1) is 6.92 Å². The molecule has 2 rings (SSSR count). The van der Waals surface area contributed by atoms with Crippen molar-refractivity contribution in [3.63, 3.8) is 0 Å². The van der Waals surface area contributed by atoms with Crippen LogP contribution in [-0.2, 0) is 0 Å². The zero-order valence-corrected chi connectivity index (χ0v) is 12.6. The summed E-state index contributed by atoms with van der Waals surface area (Å²) in [6, 6.07) is 5.47. The van der Waals surface area contributed by atoms with E-state index in [1.54, 1.807) is 18.2 Å². The molecule has 5 nitrogen and oxygen atoms in total. The van der Waals surface area contributed by atoms with E-state index in [4.69, 9.17) is 32.7 Å². The molecule has 0 aliphatic heterocycles. The van der Waals surface area contributed by atoms with Crippen LogP contribution in [0.2, 0.25) is 10.3 Å². The Morgan fingerprint density at radius 3 is 2.55 bits per heavy atom. The number of ether oxygens (including phenoxy) is 2. The van der Waals surface area contributed by atoms with Gasteiger partial charge < -0.3 is 9.47 Å². The zero-order valence-electron chi connectivity index (χ0n) is 11.1. The smallest absolute Gasteiger partial charge is 0.329 e. The minimum Gasteiger partial charge on any atom is -0.463 e. The van der Waals surface area contributed by atoms with Gasteiger partial charge in [-0.2, -0.15) is 9.97 Å². The van der Waals surface area contributed by atoms with E-state index >= 15 is 0 Å². The van der Waals surface area contributed by atoms with E-state index < -0.39 is 0 Å². The number of hydrogen-bond acceptors (Lipinski definition) is 5. The van der Waals surface area contributed by atoms with E-state index in [-0.39, 0.29) is 17.3 Å². The Balaban J connectivity index is 2.19. The molecule has 0 atom stereocenters. The average Bonchev–Trinajstić information content (AvgIpc) is 2.40. The number of aryl methyl sites for hydroxylation is 1. The highest BCUT2D eigenvalue weighted by atomic mass is 35.5. The fraction of sp³-hybridized carbons (Fsp3) is 0.308. The van der Waals surface area contributed by atoms with Gasteiger partial charge in [0.15, 0.2) is 0 Å². The van der Waals surface area contributed by atoms with E-state index in [0.717, 1.165) is 12.0 Å². The highest BCUT2D eigenvalue weighted by Crippen LogP contribution is 2.25. The molecular formula is C13H13Cl2N3O2. The van der Waals surface area contributed by atoms with E-state index in [9.17, 15) is 0 Å². The average molecular weight is 314 g/mol. The van der Waals surface area contributed by atoms with Gasteiger partial charge >= 0.3 is 12.0 Å². The van der Waals surface area contributed by atoms with E-state index in [1.807, 2.05) is 13.8 Å². The van der Waals surface area contributed by atoms with E-state index in [0.29, 0.717) is 17.4 Å². The van der Waals surface area contributed by atoms with E-state index in [1.165, 1.54) is 0 Å². The van der Waals surface area contributed by atoms with Crippen LogP contribution in [0.15, 0.2) is 18.2 Å². The minimum atomic E-state index is 0.0202. The van der Waals surface area contributed by atoms with Gasteiger partial charge in [0.1, 0.15) is 5.75 Å². The molecule has 106 valence electrons.